The van der Waals surface area contributed by atoms with E-state index in [0.717, 1.165) is 0 Å². The largest absolute Gasteiger partial charge is 0.397 e. The molecule has 0 saturated carbocycles. The second-order valence-electron chi connectivity index (χ2n) is 4.15. The third-order valence-corrected chi connectivity index (χ3v) is 2.99. The quantitative estimate of drug-likeness (QED) is 0.728. The highest BCUT2D eigenvalue weighted by molar-refractivity contribution is 6.35. The van der Waals surface area contributed by atoms with Gasteiger partial charge in [0.15, 0.2) is 0 Å². The molecule has 0 aliphatic heterocycles. The monoisotopic (exact) mass is 320 g/mol. The average molecular weight is 321 g/mol. The Morgan fingerprint density at radius 1 is 1.10 bits per heavy atom. The van der Waals surface area contributed by atoms with E-state index in [1.165, 1.54) is 6.07 Å². The number of carbonyl (C=O) groups excluding carboxylic acids is 1. The molecule has 0 atom stereocenters. The van der Waals surface area contributed by atoms with Gasteiger partial charge in [0.1, 0.15) is 0 Å². The summed E-state index contributed by atoms with van der Waals surface area (Å²) in [6.07, 6.45) is 0. The zero-order chi connectivity index (χ0) is 15.4. The molecule has 2 amide bonds. The lowest BCUT2D eigenvalue weighted by Gasteiger charge is -2.10. The number of amides is 2. The van der Waals surface area contributed by atoms with Crippen molar-refractivity contribution in [3.63, 3.8) is 0 Å². The van der Waals surface area contributed by atoms with Crippen molar-refractivity contribution in [2.75, 3.05) is 16.4 Å². The van der Waals surface area contributed by atoms with Gasteiger partial charge in [-0.05, 0) is 36.4 Å². The molecule has 21 heavy (non-hydrogen) atoms. The number of halogens is 2. The fraction of sp³-hybridized carbons (Fsp3) is 0. The summed E-state index contributed by atoms with van der Waals surface area (Å²) >= 11 is 11.7. The third-order valence-electron chi connectivity index (χ3n) is 2.55. The summed E-state index contributed by atoms with van der Waals surface area (Å²) in [6, 6.07) is 10.7. The molecule has 2 aromatic carbocycles. The van der Waals surface area contributed by atoms with Crippen LogP contribution in [0, 0.1) is 11.3 Å². The van der Waals surface area contributed by atoms with Gasteiger partial charge in [-0.25, -0.2) is 4.79 Å². The minimum absolute atomic E-state index is 0.299. The van der Waals surface area contributed by atoms with Crippen molar-refractivity contribution < 1.29 is 4.79 Å². The standard InChI is InChI=1S/C14H10Cl2N4O/c15-9-4-10(16)6-11(5-9)19-14(21)20-13-2-1-8(7-17)3-12(13)18/h1-6H,18H2,(H2,19,20,21). The van der Waals surface area contributed by atoms with Crippen molar-refractivity contribution in [2.45, 2.75) is 0 Å². The van der Waals surface area contributed by atoms with Crippen LogP contribution in [0.25, 0.3) is 0 Å². The van der Waals surface area contributed by atoms with Crippen molar-refractivity contribution >= 4 is 46.3 Å². The van der Waals surface area contributed by atoms with Crippen LogP contribution in [0.4, 0.5) is 21.9 Å². The Kier molecular flexibility index (Phi) is 4.53. The van der Waals surface area contributed by atoms with Crippen molar-refractivity contribution in [3.05, 3.63) is 52.0 Å². The number of rotatable bonds is 2. The zero-order valence-electron chi connectivity index (χ0n) is 10.7. The van der Waals surface area contributed by atoms with E-state index in [1.807, 2.05) is 6.07 Å². The predicted molar refractivity (Wildman–Crippen MR) is 84.7 cm³/mol. The molecular formula is C14H10Cl2N4O. The van der Waals surface area contributed by atoms with E-state index in [-0.39, 0.29) is 0 Å². The summed E-state index contributed by atoms with van der Waals surface area (Å²) in [5.41, 5.74) is 7.33. The summed E-state index contributed by atoms with van der Waals surface area (Å²) < 4.78 is 0. The fourth-order valence-electron chi connectivity index (χ4n) is 1.66. The molecule has 0 spiro atoms. The molecule has 7 heteroatoms. The number of anilines is 3. The lowest BCUT2D eigenvalue weighted by Crippen LogP contribution is -2.20. The second-order valence-corrected chi connectivity index (χ2v) is 5.02. The highest BCUT2D eigenvalue weighted by Gasteiger charge is 2.07. The van der Waals surface area contributed by atoms with Gasteiger partial charge < -0.3 is 16.4 Å². The van der Waals surface area contributed by atoms with E-state index in [4.69, 9.17) is 34.2 Å². The van der Waals surface area contributed by atoms with Gasteiger partial charge in [0, 0.05) is 15.7 Å². The number of nitrogens with two attached hydrogens (primary N) is 1. The van der Waals surface area contributed by atoms with Crippen molar-refractivity contribution in [3.8, 4) is 6.07 Å². The summed E-state index contributed by atoms with van der Waals surface area (Å²) in [4.78, 5) is 11.9. The number of nitrogens with zero attached hydrogens (tertiary/aromatic N) is 1. The van der Waals surface area contributed by atoms with Crippen molar-refractivity contribution in [1.29, 1.82) is 5.26 Å². The molecule has 4 N–H and O–H groups in total. The topological polar surface area (TPSA) is 90.9 Å². The molecule has 2 rings (SSSR count). The van der Waals surface area contributed by atoms with Crippen LogP contribution in [0.3, 0.4) is 0 Å². The second kappa shape index (κ2) is 6.35. The molecule has 0 heterocycles. The van der Waals surface area contributed by atoms with Crippen molar-refractivity contribution in [1.82, 2.24) is 0 Å². The smallest absolute Gasteiger partial charge is 0.323 e. The van der Waals surface area contributed by atoms with E-state index in [1.54, 1.807) is 30.3 Å². The molecule has 106 valence electrons. The molecule has 0 aromatic heterocycles. The maximum Gasteiger partial charge on any atom is 0.323 e. The average Bonchev–Trinajstić information content (AvgIpc) is 2.39. The van der Waals surface area contributed by atoms with Crippen LogP contribution in [-0.4, -0.2) is 6.03 Å². The molecule has 0 fully saturated rings. The number of carbonyl (C=O) groups is 1. The summed E-state index contributed by atoms with van der Waals surface area (Å²) in [5.74, 6) is 0. The fourth-order valence-corrected chi connectivity index (χ4v) is 2.18. The Morgan fingerprint density at radius 2 is 1.76 bits per heavy atom. The van der Waals surface area contributed by atoms with Gasteiger partial charge in [-0.2, -0.15) is 5.26 Å². The first-order valence-electron chi connectivity index (χ1n) is 5.81. The number of benzene rings is 2. The number of hydrogen-bond acceptors (Lipinski definition) is 3. The van der Waals surface area contributed by atoms with Crippen LogP contribution in [0.1, 0.15) is 5.56 Å². The van der Waals surface area contributed by atoms with Crippen LogP contribution >= 0.6 is 23.2 Å². The Morgan fingerprint density at radius 3 is 2.33 bits per heavy atom. The minimum Gasteiger partial charge on any atom is -0.397 e. The molecule has 0 aliphatic carbocycles. The zero-order valence-corrected chi connectivity index (χ0v) is 12.2. The van der Waals surface area contributed by atoms with Crippen LogP contribution in [0.2, 0.25) is 10.0 Å². The van der Waals surface area contributed by atoms with Gasteiger partial charge in [0.05, 0.1) is 23.0 Å². The lowest BCUT2D eigenvalue weighted by atomic mass is 10.2. The molecule has 2 aromatic rings. The Bertz CT molecular complexity index is 720. The summed E-state index contributed by atoms with van der Waals surface area (Å²) in [7, 11) is 0. The maximum absolute atomic E-state index is 11.9. The van der Waals surface area contributed by atoms with E-state index in [2.05, 4.69) is 10.6 Å². The molecule has 0 aliphatic rings. The molecule has 0 bridgehead atoms. The Balaban J connectivity index is 2.10. The van der Waals surface area contributed by atoms with Crippen LogP contribution in [0.15, 0.2) is 36.4 Å². The number of nitrogen functional groups attached to an aromatic ring is 1. The van der Waals surface area contributed by atoms with Crippen molar-refractivity contribution in [2.24, 2.45) is 0 Å². The normalized spacial score (nSPS) is 9.76. The lowest BCUT2D eigenvalue weighted by molar-refractivity contribution is 0.262. The van der Waals surface area contributed by atoms with Gasteiger partial charge >= 0.3 is 6.03 Å². The first kappa shape index (κ1) is 15.0. The van der Waals surface area contributed by atoms with Crippen LogP contribution in [-0.2, 0) is 0 Å². The third kappa shape index (κ3) is 4.02. The number of hydrogen-bond donors (Lipinski definition) is 3. The summed E-state index contributed by atoms with van der Waals surface area (Å²) in [5, 5.41) is 14.7. The molecule has 0 unspecified atom stereocenters. The van der Waals surface area contributed by atoms with Gasteiger partial charge in [0.25, 0.3) is 0 Å². The Labute approximate surface area is 131 Å². The first-order chi connectivity index (χ1) is 9.97. The van der Waals surface area contributed by atoms with E-state index < -0.39 is 6.03 Å². The number of urea groups is 1. The predicted octanol–water partition coefficient (Wildman–Crippen LogP) is 4.09. The molecular weight excluding hydrogens is 311 g/mol. The number of nitriles is 1. The molecule has 0 radical (unpaired) electrons. The highest BCUT2D eigenvalue weighted by atomic mass is 35.5. The highest BCUT2D eigenvalue weighted by Crippen LogP contribution is 2.23. The van der Waals surface area contributed by atoms with Crippen LogP contribution in [0.5, 0.6) is 0 Å². The first-order valence-corrected chi connectivity index (χ1v) is 6.57. The number of nitrogens with one attached hydrogen (secondary N) is 2. The molecule has 5 nitrogen and oxygen atoms in total. The van der Waals surface area contributed by atoms with Gasteiger partial charge in [-0.15, -0.1) is 0 Å². The SMILES string of the molecule is N#Cc1ccc(NC(=O)Nc2cc(Cl)cc(Cl)c2)c(N)c1. The summed E-state index contributed by atoms with van der Waals surface area (Å²) in [6.45, 7) is 0. The maximum atomic E-state index is 11.9. The van der Waals surface area contributed by atoms with Crippen LogP contribution < -0.4 is 16.4 Å². The van der Waals surface area contributed by atoms with Gasteiger partial charge in [0.2, 0.25) is 0 Å². The van der Waals surface area contributed by atoms with E-state index in [9.17, 15) is 4.79 Å². The van der Waals surface area contributed by atoms with E-state index >= 15 is 0 Å². The van der Waals surface area contributed by atoms with E-state index in [0.29, 0.717) is 32.7 Å². The minimum atomic E-state index is -0.496. The Hall–Kier alpha value is -2.42. The molecule has 0 saturated heterocycles. The van der Waals surface area contributed by atoms with Gasteiger partial charge in [-0.3, -0.25) is 0 Å². The van der Waals surface area contributed by atoms with Gasteiger partial charge in [-0.1, -0.05) is 23.2 Å².